The number of hydrogen-bond donors (Lipinski definition) is 1. The van der Waals surface area contributed by atoms with Gasteiger partial charge in [0.2, 0.25) is 5.76 Å². The molecule has 1 aromatic heterocycles. The van der Waals surface area contributed by atoms with Crippen molar-refractivity contribution in [2.75, 3.05) is 26.2 Å². The lowest BCUT2D eigenvalue weighted by molar-refractivity contribution is 0.0513. The number of phenolic OH excluding ortho intramolecular Hbond substituents is 1. The maximum Gasteiger partial charge on any atom is 0.292 e. The zero-order valence-electron chi connectivity index (χ0n) is 16.0. The first kappa shape index (κ1) is 18.7. The number of piperazine rings is 1. The molecule has 1 aliphatic heterocycles. The molecule has 1 saturated heterocycles. The summed E-state index contributed by atoms with van der Waals surface area (Å²) in [4.78, 5) is 28.7. The number of aryl methyl sites for hydroxylation is 1. The molecule has 7 nitrogen and oxygen atoms in total. The Kier molecular flexibility index (Phi) is 5.03. The Balaban J connectivity index is 1.38. The van der Waals surface area contributed by atoms with Gasteiger partial charge in [-0.3, -0.25) is 9.59 Å². The van der Waals surface area contributed by atoms with Crippen LogP contribution in [0.15, 0.2) is 59.1 Å². The minimum absolute atomic E-state index is 0.113. The topological polar surface area (TPSA) is 86.9 Å². The van der Waals surface area contributed by atoms with Crippen molar-refractivity contribution in [3.05, 3.63) is 71.5 Å². The van der Waals surface area contributed by atoms with E-state index in [4.69, 9.17) is 4.52 Å². The van der Waals surface area contributed by atoms with E-state index in [2.05, 4.69) is 5.16 Å². The van der Waals surface area contributed by atoms with Crippen LogP contribution >= 0.6 is 0 Å². The summed E-state index contributed by atoms with van der Waals surface area (Å²) in [5.74, 6) is -0.0288. The average Bonchev–Trinajstić information content (AvgIpc) is 3.24. The highest BCUT2D eigenvalue weighted by molar-refractivity contribution is 5.95. The number of amides is 2. The van der Waals surface area contributed by atoms with E-state index in [0.717, 1.165) is 11.1 Å². The van der Waals surface area contributed by atoms with Crippen molar-refractivity contribution in [3.8, 4) is 17.0 Å². The van der Waals surface area contributed by atoms with Crippen molar-refractivity contribution in [2.24, 2.45) is 0 Å². The normalized spacial score (nSPS) is 14.1. The number of rotatable bonds is 3. The molecule has 2 amide bonds. The average molecular weight is 391 g/mol. The van der Waals surface area contributed by atoms with Crippen molar-refractivity contribution >= 4 is 11.8 Å². The molecule has 0 atom stereocenters. The van der Waals surface area contributed by atoms with E-state index in [1.54, 1.807) is 28.0 Å². The van der Waals surface area contributed by atoms with Crippen LogP contribution in [0.4, 0.5) is 0 Å². The molecule has 1 N–H and O–H groups in total. The van der Waals surface area contributed by atoms with E-state index < -0.39 is 0 Å². The predicted molar refractivity (Wildman–Crippen MR) is 107 cm³/mol. The zero-order chi connectivity index (χ0) is 20.4. The second-order valence-corrected chi connectivity index (χ2v) is 7.07. The Hall–Kier alpha value is -3.61. The van der Waals surface area contributed by atoms with Gasteiger partial charge in [0.15, 0.2) is 0 Å². The summed E-state index contributed by atoms with van der Waals surface area (Å²) in [6.07, 6.45) is 0. The molecule has 29 heavy (non-hydrogen) atoms. The maximum atomic E-state index is 12.7. The number of carbonyl (C=O) groups excluding carboxylic acids is 2. The van der Waals surface area contributed by atoms with Crippen molar-refractivity contribution in [2.45, 2.75) is 6.92 Å². The summed E-state index contributed by atoms with van der Waals surface area (Å²) in [5, 5.41) is 13.4. The fraction of sp³-hybridized carbons (Fsp3) is 0.227. The molecular formula is C22H21N3O4. The van der Waals surface area contributed by atoms with E-state index in [9.17, 15) is 14.7 Å². The number of benzene rings is 2. The summed E-state index contributed by atoms with van der Waals surface area (Å²) >= 11 is 0. The van der Waals surface area contributed by atoms with Gasteiger partial charge in [-0.15, -0.1) is 0 Å². The summed E-state index contributed by atoms with van der Waals surface area (Å²) in [5.41, 5.74) is 3.17. The molecule has 3 aromatic rings. The van der Waals surface area contributed by atoms with Crippen LogP contribution in [0.2, 0.25) is 0 Å². The van der Waals surface area contributed by atoms with E-state index in [0.29, 0.717) is 37.4 Å². The lowest BCUT2D eigenvalue weighted by atomic mass is 10.1. The first-order valence-electron chi connectivity index (χ1n) is 9.42. The Morgan fingerprint density at radius 2 is 1.48 bits per heavy atom. The Morgan fingerprint density at radius 3 is 2.10 bits per heavy atom. The van der Waals surface area contributed by atoms with Gasteiger partial charge in [0, 0.05) is 43.4 Å². The third-order valence-electron chi connectivity index (χ3n) is 5.04. The fourth-order valence-corrected chi connectivity index (χ4v) is 3.29. The largest absolute Gasteiger partial charge is 0.508 e. The fourth-order valence-electron chi connectivity index (χ4n) is 3.29. The molecule has 0 spiro atoms. The monoisotopic (exact) mass is 391 g/mol. The Morgan fingerprint density at radius 1 is 0.897 bits per heavy atom. The van der Waals surface area contributed by atoms with Gasteiger partial charge in [-0.05, 0) is 31.2 Å². The number of nitrogens with zero attached hydrogens (tertiary/aromatic N) is 3. The van der Waals surface area contributed by atoms with Crippen molar-refractivity contribution in [1.82, 2.24) is 15.0 Å². The summed E-state index contributed by atoms with van der Waals surface area (Å²) in [6, 6.07) is 15.7. The molecule has 0 radical (unpaired) electrons. The van der Waals surface area contributed by atoms with Crippen molar-refractivity contribution in [1.29, 1.82) is 0 Å². The Bertz CT molecular complexity index is 1020. The van der Waals surface area contributed by atoms with E-state index in [-0.39, 0.29) is 23.3 Å². The molecule has 0 bridgehead atoms. The van der Waals surface area contributed by atoms with Crippen molar-refractivity contribution in [3.63, 3.8) is 0 Å². The number of phenols is 1. The van der Waals surface area contributed by atoms with Crippen LogP contribution in [0.1, 0.15) is 26.5 Å². The third-order valence-corrected chi connectivity index (χ3v) is 5.04. The second kappa shape index (κ2) is 7.79. The van der Waals surface area contributed by atoms with Gasteiger partial charge in [-0.2, -0.15) is 0 Å². The van der Waals surface area contributed by atoms with Crippen LogP contribution in [-0.2, 0) is 0 Å². The van der Waals surface area contributed by atoms with Gasteiger partial charge in [-0.25, -0.2) is 0 Å². The van der Waals surface area contributed by atoms with Gasteiger partial charge < -0.3 is 19.4 Å². The highest BCUT2D eigenvalue weighted by Crippen LogP contribution is 2.21. The van der Waals surface area contributed by atoms with Crippen molar-refractivity contribution < 1.29 is 19.2 Å². The number of aromatic hydroxyl groups is 1. The number of aromatic nitrogens is 1. The number of hydrogen-bond acceptors (Lipinski definition) is 5. The highest BCUT2D eigenvalue weighted by atomic mass is 16.5. The molecule has 4 rings (SSSR count). The summed E-state index contributed by atoms with van der Waals surface area (Å²) in [6.45, 7) is 3.72. The molecule has 0 aliphatic carbocycles. The van der Waals surface area contributed by atoms with Crippen LogP contribution in [0.25, 0.3) is 11.3 Å². The van der Waals surface area contributed by atoms with Gasteiger partial charge in [0.25, 0.3) is 11.8 Å². The van der Waals surface area contributed by atoms with Gasteiger partial charge in [-0.1, -0.05) is 35.0 Å². The molecule has 0 saturated carbocycles. The smallest absolute Gasteiger partial charge is 0.292 e. The van der Waals surface area contributed by atoms with Crippen LogP contribution < -0.4 is 0 Å². The van der Waals surface area contributed by atoms with E-state index in [1.165, 1.54) is 12.1 Å². The van der Waals surface area contributed by atoms with Crippen LogP contribution in [0, 0.1) is 6.92 Å². The van der Waals surface area contributed by atoms with E-state index >= 15 is 0 Å². The molecule has 7 heteroatoms. The van der Waals surface area contributed by atoms with Crippen LogP contribution in [0.3, 0.4) is 0 Å². The maximum absolute atomic E-state index is 12.7. The quantitative estimate of drug-likeness (QED) is 0.742. The van der Waals surface area contributed by atoms with Crippen LogP contribution in [-0.4, -0.2) is 58.1 Å². The first-order valence-corrected chi connectivity index (χ1v) is 9.42. The molecular weight excluding hydrogens is 370 g/mol. The van der Waals surface area contributed by atoms with E-state index in [1.807, 2.05) is 31.2 Å². The minimum Gasteiger partial charge on any atom is -0.508 e. The SMILES string of the molecule is Cc1ccc(-c2cc(C(=O)N3CCN(C(=O)c4ccc(O)cc4)CC3)on2)cc1. The highest BCUT2D eigenvalue weighted by Gasteiger charge is 2.27. The minimum atomic E-state index is -0.229. The molecule has 148 valence electrons. The third kappa shape index (κ3) is 3.99. The summed E-state index contributed by atoms with van der Waals surface area (Å²) < 4.78 is 5.27. The second-order valence-electron chi connectivity index (χ2n) is 7.07. The zero-order valence-corrected chi connectivity index (χ0v) is 16.0. The molecule has 2 aromatic carbocycles. The Labute approximate surface area is 168 Å². The predicted octanol–water partition coefficient (Wildman–Crippen LogP) is 2.95. The summed E-state index contributed by atoms with van der Waals surface area (Å²) in [7, 11) is 0. The van der Waals surface area contributed by atoms with Gasteiger partial charge in [0.1, 0.15) is 11.4 Å². The molecule has 1 fully saturated rings. The molecule has 2 heterocycles. The standard InChI is InChI=1S/C22H21N3O4/c1-15-2-4-16(5-3-15)19-14-20(29-23-19)22(28)25-12-10-24(11-13-25)21(27)17-6-8-18(26)9-7-17/h2-9,14,26H,10-13H2,1H3. The number of carbonyl (C=O) groups is 2. The van der Waals surface area contributed by atoms with Gasteiger partial charge >= 0.3 is 0 Å². The molecule has 0 unspecified atom stereocenters. The first-order chi connectivity index (χ1) is 14.0. The lowest BCUT2D eigenvalue weighted by Gasteiger charge is -2.34. The lowest BCUT2D eigenvalue weighted by Crippen LogP contribution is -2.50. The van der Waals surface area contributed by atoms with Crippen LogP contribution in [0.5, 0.6) is 5.75 Å². The molecule has 1 aliphatic rings. The van der Waals surface area contributed by atoms with Gasteiger partial charge in [0.05, 0.1) is 0 Å².